The Morgan fingerprint density at radius 3 is 2.09 bits per heavy atom. The number of carboxylic acid groups (broad SMARTS) is 1. The van der Waals surface area contributed by atoms with Gasteiger partial charge in [-0.3, -0.25) is 9.59 Å². The molecule has 1 atom stereocenters. The molecule has 2 aromatic rings. The van der Waals surface area contributed by atoms with Crippen LogP contribution >= 0.6 is 0 Å². The van der Waals surface area contributed by atoms with Crippen molar-refractivity contribution in [3.63, 3.8) is 0 Å². The first kappa shape index (κ1) is 24.8. The highest BCUT2D eigenvalue weighted by molar-refractivity contribution is 6.06. The van der Waals surface area contributed by atoms with Gasteiger partial charge in [-0.1, -0.05) is 42.5 Å². The van der Waals surface area contributed by atoms with Gasteiger partial charge in [0.05, 0.1) is 31.4 Å². The zero-order valence-electron chi connectivity index (χ0n) is 17.9. The molecular weight excluding hydrogens is 432 g/mol. The highest BCUT2D eigenvalue weighted by Gasteiger charge is 2.26. The lowest BCUT2D eigenvalue weighted by atomic mass is 10.0. The summed E-state index contributed by atoms with van der Waals surface area (Å²) in [5.41, 5.74) is -0.197. The van der Waals surface area contributed by atoms with Gasteiger partial charge in [0.25, 0.3) is 5.91 Å². The molecule has 2 amide bonds. The minimum Gasteiger partial charge on any atom is -0.478 e. The second-order valence-corrected chi connectivity index (χ2v) is 6.63. The number of hydrogen-bond donors (Lipinski definition) is 3. The van der Waals surface area contributed by atoms with Gasteiger partial charge in [0.15, 0.2) is 0 Å². The summed E-state index contributed by atoms with van der Waals surface area (Å²) in [6.45, 7) is 0. The summed E-state index contributed by atoms with van der Waals surface area (Å²) in [5, 5.41) is 14.1. The van der Waals surface area contributed by atoms with Gasteiger partial charge in [-0.2, -0.15) is 0 Å². The van der Waals surface area contributed by atoms with Gasteiger partial charge in [-0.05, 0) is 17.7 Å². The van der Waals surface area contributed by atoms with Crippen molar-refractivity contribution in [2.45, 2.75) is 12.5 Å². The first-order valence-corrected chi connectivity index (χ1v) is 9.62. The number of benzene rings is 2. The van der Waals surface area contributed by atoms with Crippen molar-refractivity contribution in [3.8, 4) is 0 Å². The highest BCUT2D eigenvalue weighted by atomic mass is 16.5. The molecule has 33 heavy (non-hydrogen) atoms. The average molecular weight is 454 g/mol. The summed E-state index contributed by atoms with van der Waals surface area (Å²) in [4.78, 5) is 60.8. The Labute approximate surface area is 189 Å². The van der Waals surface area contributed by atoms with Crippen molar-refractivity contribution in [1.29, 1.82) is 0 Å². The molecule has 3 N–H and O–H groups in total. The highest BCUT2D eigenvalue weighted by Crippen LogP contribution is 2.11. The van der Waals surface area contributed by atoms with Gasteiger partial charge in [0.2, 0.25) is 5.91 Å². The number of hydrogen-bond acceptors (Lipinski definition) is 7. The summed E-state index contributed by atoms with van der Waals surface area (Å²) in [6, 6.07) is 13.0. The largest absolute Gasteiger partial charge is 0.478 e. The minimum absolute atomic E-state index is 0.0142. The molecule has 0 saturated carbocycles. The van der Waals surface area contributed by atoms with Crippen LogP contribution < -0.4 is 10.6 Å². The fourth-order valence-corrected chi connectivity index (χ4v) is 2.82. The molecule has 172 valence electrons. The fourth-order valence-electron chi connectivity index (χ4n) is 2.82. The van der Waals surface area contributed by atoms with Crippen LogP contribution in [0, 0.1) is 0 Å². The normalized spacial score (nSPS) is 11.6. The number of carbonyl (C=O) groups is 5. The Kier molecular flexibility index (Phi) is 8.86. The molecule has 10 heteroatoms. The van der Waals surface area contributed by atoms with E-state index in [1.807, 2.05) is 0 Å². The summed E-state index contributed by atoms with van der Waals surface area (Å²) >= 11 is 0. The van der Waals surface area contributed by atoms with Crippen molar-refractivity contribution in [3.05, 3.63) is 83.1 Å². The molecule has 0 unspecified atom stereocenters. The molecule has 0 aliphatic heterocycles. The number of nitrogens with one attached hydrogen (secondary N) is 2. The average Bonchev–Trinajstić information content (AvgIpc) is 2.82. The Balaban J connectivity index is 2.35. The summed E-state index contributed by atoms with van der Waals surface area (Å²) < 4.78 is 9.04. The Morgan fingerprint density at radius 2 is 1.52 bits per heavy atom. The lowest BCUT2D eigenvalue weighted by Crippen LogP contribution is -2.48. The Bertz CT molecular complexity index is 1080. The van der Waals surface area contributed by atoms with Crippen molar-refractivity contribution in [2.24, 2.45) is 0 Å². The molecule has 10 nitrogen and oxygen atoms in total. The van der Waals surface area contributed by atoms with E-state index >= 15 is 0 Å². The van der Waals surface area contributed by atoms with E-state index in [4.69, 9.17) is 0 Å². The lowest BCUT2D eigenvalue weighted by molar-refractivity contribution is -0.139. The first-order valence-electron chi connectivity index (χ1n) is 9.62. The standard InChI is InChI=1S/C23H22N2O8/c1-32-19(26)13-18(23(31)33-2)25-21(28)17(12-14-8-4-3-5-9-14)24-20(27)15-10-6-7-11-16(15)22(29)30/h3-11,13,17H,12H2,1-2H3,(H,24,27)(H,25,28)(H,29,30)/b18-13-/t17-/m0/s1. The maximum atomic E-state index is 13.0. The van der Waals surface area contributed by atoms with Crippen LogP contribution in [0.1, 0.15) is 26.3 Å². The third-order valence-corrected chi connectivity index (χ3v) is 4.43. The first-order chi connectivity index (χ1) is 15.8. The smallest absolute Gasteiger partial charge is 0.354 e. The van der Waals surface area contributed by atoms with E-state index in [1.165, 1.54) is 24.3 Å². The van der Waals surface area contributed by atoms with E-state index < -0.39 is 41.5 Å². The van der Waals surface area contributed by atoms with Crippen LogP contribution in [-0.4, -0.2) is 55.1 Å². The molecular formula is C23H22N2O8. The number of aromatic carboxylic acids is 1. The van der Waals surface area contributed by atoms with Gasteiger partial charge in [-0.15, -0.1) is 0 Å². The van der Waals surface area contributed by atoms with E-state index in [0.29, 0.717) is 5.56 Å². The topological polar surface area (TPSA) is 148 Å². The second kappa shape index (κ2) is 11.8. The van der Waals surface area contributed by atoms with Crippen molar-refractivity contribution in [2.75, 3.05) is 14.2 Å². The van der Waals surface area contributed by atoms with E-state index in [9.17, 15) is 29.1 Å². The molecule has 0 bridgehead atoms. The van der Waals surface area contributed by atoms with Crippen LogP contribution in [0.5, 0.6) is 0 Å². The molecule has 0 heterocycles. The van der Waals surface area contributed by atoms with Crippen LogP contribution in [-0.2, 0) is 30.3 Å². The third-order valence-electron chi connectivity index (χ3n) is 4.43. The predicted molar refractivity (Wildman–Crippen MR) is 115 cm³/mol. The number of carboxylic acids is 1. The van der Waals surface area contributed by atoms with Crippen LogP contribution in [0.4, 0.5) is 0 Å². The van der Waals surface area contributed by atoms with Crippen molar-refractivity contribution < 1.29 is 38.6 Å². The minimum atomic E-state index is -1.31. The number of ether oxygens (including phenoxy) is 2. The van der Waals surface area contributed by atoms with Gasteiger partial charge in [0, 0.05) is 6.42 Å². The fraction of sp³-hybridized carbons (Fsp3) is 0.174. The number of esters is 2. The molecule has 2 aromatic carbocycles. The van der Waals surface area contributed by atoms with E-state index in [2.05, 4.69) is 20.1 Å². The Morgan fingerprint density at radius 1 is 0.909 bits per heavy atom. The maximum absolute atomic E-state index is 13.0. The second-order valence-electron chi connectivity index (χ2n) is 6.63. The predicted octanol–water partition coefficient (Wildman–Crippen LogP) is 1.07. The zero-order chi connectivity index (χ0) is 24.4. The number of methoxy groups -OCH3 is 2. The van der Waals surface area contributed by atoms with Gasteiger partial charge in [-0.25, -0.2) is 14.4 Å². The number of rotatable bonds is 9. The molecule has 0 radical (unpaired) electrons. The quantitative estimate of drug-likeness (QED) is 0.376. The van der Waals surface area contributed by atoms with Crippen molar-refractivity contribution in [1.82, 2.24) is 10.6 Å². The van der Waals surface area contributed by atoms with E-state index in [-0.39, 0.29) is 17.5 Å². The molecule has 0 aliphatic rings. The Hall–Kier alpha value is -4.47. The molecule has 2 rings (SSSR count). The summed E-state index contributed by atoms with van der Waals surface area (Å²) in [6.07, 6.45) is 0.755. The molecule has 0 fully saturated rings. The van der Waals surface area contributed by atoms with Crippen molar-refractivity contribution >= 4 is 29.7 Å². The van der Waals surface area contributed by atoms with Crippen LogP contribution in [0.15, 0.2) is 66.4 Å². The zero-order valence-corrected chi connectivity index (χ0v) is 17.9. The number of amides is 2. The number of carbonyl (C=O) groups excluding carboxylic acids is 4. The molecule has 0 spiro atoms. The van der Waals surface area contributed by atoms with Gasteiger partial charge >= 0.3 is 17.9 Å². The maximum Gasteiger partial charge on any atom is 0.354 e. The molecule has 0 aliphatic carbocycles. The van der Waals surface area contributed by atoms with Gasteiger partial charge in [0.1, 0.15) is 11.7 Å². The van der Waals surface area contributed by atoms with Gasteiger partial charge < -0.3 is 25.2 Å². The van der Waals surface area contributed by atoms with Crippen LogP contribution in [0.3, 0.4) is 0 Å². The SMILES string of the molecule is COC(=O)/C=C(\NC(=O)[C@H](Cc1ccccc1)NC(=O)c1ccccc1C(=O)O)C(=O)OC. The molecule has 0 saturated heterocycles. The lowest BCUT2D eigenvalue weighted by Gasteiger charge is -2.20. The van der Waals surface area contributed by atoms with Crippen LogP contribution in [0.25, 0.3) is 0 Å². The summed E-state index contributed by atoms with van der Waals surface area (Å²) in [7, 11) is 2.15. The third kappa shape index (κ3) is 7.03. The van der Waals surface area contributed by atoms with E-state index in [0.717, 1.165) is 20.3 Å². The van der Waals surface area contributed by atoms with E-state index in [1.54, 1.807) is 30.3 Å². The molecule has 0 aromatic heterocycles. The monoisotopic (exact) mass is 454 g/mol. The summed E-state index contributed by atoms with van der Waals surface area (Å²) in [5.74, 6) is -4.86. The van der Waals surface area contributed by atoms with Crippen LogP contribution in [0.2, 0.25) is 0 Å².